The summed E-state index contributed by atoms with van der Waals surface area (Å²) in [7, 11) is 2.22. The fourth-order valence-corrected chi connectivity index (χ4v) is 3.29. The van der Waals surface area contributed by atoms with E-state index in [0.717, 1.165) is 19.4 Å². The minimum Gasteiger partial charge on any atom is -0.455 e. The quantitative estimate of drug-likeness (QED) is 0.855. The van der Waals surface area contributed by atoms with E-state index >= 15 is 0 Å². The largest absolute Gasteiger partial charge is 0.455 e. The van der Waals surface area contributed by atoms with E-state index in [1.54, 1.807) is 0 Å². The number of esters is 1. The van der Waals surface area contributed by atoms with Crippen LogP contribution in [-0.4, -0.2) is 31.2 Å². The summed E-state index contributed by atoms with van der Waals surface area (Å²) in [4.78, 5) is 13.9. The van der Waals surface area contributed by atoms with E-state index in [0.29, 0.717) is 17.5 Å². The van der Waals surface area contributed by atoms with Crippen LogP contribution in [0, 0.1) is 5.92 Å². The van der Waals surface area contributed by atoms with Crippen molar-refractivity contribution in [3.05, 3.63) is 35.9 Å². The molecular formula is C17H26NO2+. The van der Waals surface area contributed by atoms with Gasteiger partial charge in [-0.2, -0.15) is 0 Å². The van der Waals surface area contributed by atoms with Gasteiger partial charge in [-0.05, 0) is 25.5 Å². The molecule has 0 amide bonds. The molecule has 110 valence electrons. The molecule has 0 bridgehead atoms. The van der Waals surface area contributed by atoms with Gasteiger partial charge in [0.1, 0.15) is 5.60 Å². The van der Waals surface area contributed by atoms with Gasteiger partial charge in [0.2, 0.25) is 0 Å². The van der Waals surface area contributed by atoms with Crippen molar-refractivity contribution >= 4 is 5.97 Å². The Kier molecular flexibility index (Phi) is 4.48. The zero-order valence-corrected chi connectivity index (χ0v) is 13.0. The number of likely N-dealkylation sites (tertiary alicyclic amines) is 1. The van der Waals surface area contributed by atoms with E-state index in [9.17, 15) is 4.79 Å². The maximum Gasteiger partial charge on any atom is 0.338 e. The number of ether oxygens (including phenoxy) is 1. The lowest BCUT2D eigenvalue weighted by Crippen LogP contribution is -3.15. The van der Waals surface area contributed by atoms with E-state index < -0.39 is 0 Å². The number of quaternary nitrogens is 1. The molecule has 1 fully saturated rings. The van der Waals surface area contributed by atoms with Crippen molar-refractivity contribution in [1.82, 2.24) is 0 Å². The highest BCUT2D eigenvalue weighted by Gasteiger charge is 2.47. The normalized spacial score (nSPS) is 33.7. The molecule has 20 heavy (non-hydrogen) atoms. The Morgan fingerprint density at radius 3 is 2.60 bits per heavy atom. The smallest absolute Gasteiger partial charge is 0.338 e. The molecule has 1 N–H and O–H groups in total. The lowest BCUT2D eigenvalue weighted by molar-refractivity contribution is -0.915. The van der Waals surface area contributed by atoms with Gasteiger partial charge in [0.25, 0.3) is 0 Å². The summed E-state index contributed by atoms with van der Waals surface area (Å²) in [5.41, 5.74) is 0.331. The standard InChI is InChI=1S/C17H25NO2/c1-5-17(11-14(3)18(4)12-13(17)2)20-16(19)15-9-7-6-8-10-15/h6-10,13-14H,5,11-12H2,1-4H3/p+1/t13-,14+,17-/m0/s1. The maximum absolute atomic E-state index is 12.4. The molecule has 1 aromatic carbocycles. The predicted octanol–water partition coefficient (Wildman–Crippen LogP) is 1.94. The van der Waals surface area contributed by atoms with Crippen LogP contribution in [0.2, 0.25) is 0 Å². The fraction of sp³-hybridized carbons (Fsp3) is 0.588. The summed E-state index contributed by atoms with van der Waals surface area (Å²) in [5.74, 6) is 0.197. The Bertz CT molecular complexity index is 459. The van der Waals surface area contributed by atoms with Crippen LogP contribution in [0.4, 0.5) is 0 Å². The summed E-state index contributed by atoms with van der Waals surface area (Å²) in [5, 5.41) is 0. The summed E-state index contributed by atoms with van der Waals surface area (Å²) in [6, 6.07) is 9.82. The molecule has 4 atom stereocenters. The zero-order valence-electron chi connectivity index (χ0n) is 13.0. The lowest BCUT2D eigenvalue weighted by Gasteiger charge is -2.45. The number of rotatable bonds is 3. The number of carbonyl (C=O) groups excluding carboxylic acids is 1. The van der Waals surface area contributed by atoms with Crippen molar-refractivity contribution in [3.63, 3.8) is 0 Å². The van der Waals surface area contributed by atoms with Crippen molar-refractivity contribution in [2.24, 2.45) is 5.92 Å². The summed E-state index contributed by atoms with van der Waals surface area (Å²) in [6.45, 7) is 7.62. The highest BCUT2D eigenvalue weighted by molar-refractivity contribution is 5.89. The Balaban J connectivity index is 2.17. The Morgan fingerprint density at radius 1 is 1.35 bits per heavy atom. The topological polar surface area (TPSA) is 30.7 Å². The summed E-state index contributed by atoms with van der Waals surface area (Å²) >= 11 is 0. The Hall–Kier alpha value is -1.35. The molecule has 0 radical (unpaired) electrons. The molecule has 1 aliphatic heterocycles. The molecule has 1 aliphatic rings. The molecule has 0 aliphatic carbocycles. The predicted molar refractivity (Wildman–Crippen MR) is 79.9 cm³/mol. The third-order valence-electron chi connectivity index (χ3n) is 4.92. The minimum absolute atomic E-state index is 0.189. The highest BCUT2D eigenvalue weighted by atomic mass is 16.6. The van der Waals surface area contributed by atoms with Gasteiger partial charge in [-0.25, -0.2) is 4.79 Å². The van der Waals surface area contributed by atoms with Gasteiger partial charge in [0.05, 0.1) is 25.2 Å². The number of piperidine rings is 1. The first-order valence-corrected chi connectivity index (χ1v) is 7.59. The first kappa shape index (κ1) is 15.0. The van der Waals surface area contributed by atoms with Gasteiger partial charge in [0, 0.05) is 12.3 Å². The van der Waals surface area contributed by atoms with Gasteiger partial charge in [-0.3, -0.25) is 0 Å². The van der Waals surface area contributed by atoms with Crippen LogP contribution in [0.3, 0.4) is 0 Å². The van der Waals surface area contributed by atoms with E-state index in [4.69, 9.17) is 4.74 Å². The monoisotopic (exact) mass is 276 g/mol. The summed E-state index contributed by atoms with van der Waals surface area (Å²) in [6.07, 6.45) is 1.82. The number of nitrogens with one attached hydrogen (secondary N) is 1. The molecule has 0 saturated carbocycles. The van der Waals surface area contributed by atoms with E-state index in [2.05, 4.69) is 27.8 Å². The average Bonchev–Trinajstić information content (AvgIpc) is 2.45. The molecule has 3 heteroatoms. The van der Waals surface area contributed by atoms with Crippen LogP contribution < -0.4 is 4.90 Å². The van der Waals surface area contributed by atoms with Crippen molar-refractivity contribution in [3.8, 4) is 0 Å². The number of carbonyl (C=O) groups is 1. The lowest BCUT2D eigenvalue weighted by atomic mass is 9.77. The van der Waals surface area contributed by atoms with Crippen molar-refractivity contribution in [1.29, 1.82) is 0 Å². The molecule has 0 spiro atoms. The molecule has 1 unspecified atom stereocenters. The second-order valence-corrected chi connectivity index (χ2v) is 6.23. The van der Waals surface area contributed by atoms with Gasteiger partial charge in [-0.1, -0.05) is 32.0 Å². The van der Waals surface area contributed by atoms with Gasteiger partial charge >= 0.3 is 5.97 Å². The molecule has 1 heterocycles. The van der Waals surface area contributed by atoms with Crippen LogP contribution in [0.15, 0.2) is 30.3 Å². The number of hydrogen-bond donors (Lipinski definition) is 1. The van der Waals surface area contributed by atoms with Gasteiger partial charge in [-0.15, -0.1) is 0 Å². The molecule has 2 rings (SSSR count). The molecule has 1 saturated heterocycles. The van der Waals surface area contributed by atoms with Crippen LogP contribution >= 0.6 is 0 Å². The SMILES string of the molecule is CC[C@]1(OC(=O)c2ccccc2)C[C@@H](C)[NH+](C)C[C@@H]1C. The number of benzene rings is 1. The van der Waals surface area contributed by atoms with Crippen LogP contribution in [0.25, 0.3) is 0 Å². The van der Waals surface area contributed by atoms with Gasteiger partial charge < -0.3 is 9.64 Å². The first-order chi connectivity index (χ1) is 9.48. The molecule has 3 nitrogen and oxygen atoms in total. The van der Waals surface area contributed by atoms with E-state index in [-0.39, 0.29) is 11.6 Å². The Morgan fingerprint density at radius 2 is 2.00 bits per heavy atom. The van der Waals surface area contributed by atoms with Crippen molar-refractivity contribution in [2.75, 3.05) is 13.6 Å². The van der Waals surface area contributed by atoms with E-state index in [1.165, 1.54) is 4.90 Å². The van der Waals surface area contributed by atoms with Crippen LogP contribution in [-0.2, 0) is 4.74 Å². The third-order valence-corrected chi connectivity index (χ3v) is 4.92. The zero-order chi connectivity index (χ0) is 14.8. The van der Waals surface area contributed by atoms with Crippen molar-refractivity contribution < 1.29 is 14.4 Å². The first-order valence-electron chi connectivity index (χ1n) is 7.59. The molecule has 0 aromatic heterocycles. The third kappa shape index (κ3) is 2.88. The van der Waals surface area contributed by atoms with Crippen LogP contribution in [0.5, 0.6) is 0 Å². The van der Waals surface area contributed by atoms with Gasteiger partial charge in [0.15, 0.2) is 0 Å². The number of hydrogen-bond acceptors (Lipinski definition) is 2. The highest BCUT2D eigenvalue weighted by Crippen LogP contribution is 2.33. The van der Waals surface area contributed by atoms with Crippen LogP contribution in [0.1, 0.15) is 44.0 Å². The van der Waals surface area contributed by atoms with Crippen molar-refractivity contribution in [2.45, 2.75) is 45.3 Å². The Labute approximate surface area is 121 Å². The molecule has 1 aromatic rings. The summed E-state index contributed by atoms with van der Waals surface area (Å²) < 4.78 is 5.99. The second kappa shape index (κ2) is 5.96. The fourth-order valence-electron chi connectivity index (χ4n) is 3.29. The average molecular weight is 276 g/mol. The minimum atomic E-state index is -0.314. The van der Waals surface area contributed by atoms with E-state index in [1.807, 2.05) is 30.3 Å². The second-order valence-electron chi connectivity index (χ2n) is 6.23. The maximum atomic E-state index is 12.4. The molecular weight excluding hydrogens is 250 g/mol.